The molecule has 0 spiro atoms. The van der Waals surface area contributed by atoms with Crippen molar-refractivity contribution >= 4 is 63.5 Å². The zero-order valence-electron chi connectivity index (χ0n) is 19.8. The summed E-state index contributed by atoms with van der Waals surface area (Å²) in [6.45, 7) is 1.33. The Morgan fingerprint density at radius 2 is 2.16 bits per heavy atom. The molecule has 0 aliphatic carbocycles. The largest absolute Gasteiger partial charge is 0.477 e. The standard InChI is InChI=1S/C19H25N11O5S3/c20-2-1-5-35-26-11(10-8-37-18(22)23-10)14(31)24-12-15(32)30-13(17(33)34)9(6-36-16(12)30)7-38-19-25-27-28-29(19)4-3-21/h8,12,16H,1-7,20-21H2,(H2,22,23)(H,24,31)(H,33,34)/t12?,16-/m1/s1. The van der Waals surface area contributed by atoms with Gasteiger partial charge in [0.15, 0.2) is 10.8 Å². The average molecular weight is 584 g/mol. The summed E-state index contributed by atoms with van der Waals surface area (Å²) in [6, 6.07) is -0.960. The minimum Gasteiger partial charge on any atom is -0.477 e. The van der Waals surface area contributed by atoms with E-state index in [0.29, 0.717) is 42.5 Å². The number of thiazole rings is 1. The van der Waals surface area contributed by atoms with Crippen molar-refractivity contribution < 1.29 is 24.3 Å². The second-order valence-corrected chi connectivity index (χ2v) is 10.8. The van der Waals surface area contributed by atoms with Gasteiger partial charge in [-0.15, -0.1) is 28.2 Å². The lowest BCUT2D eigenvalue weighted by Crippen LogP contribution is -2.71. The number of nitrogen functional groups attached to an aromatic ring is 1. The number of carbonyl (C=O) groups is 3. The normalized spacial score (nSPS) is 19.3. The number of thioether (sulfide) groups is 2. The van der Waals surface area contributed by atoms with Crippen LogP contribution in [0.3, 0.4) is 0 Å². The number of hydrogen-bond acceptors (Lipinski definition) is 15. The first-order chi connectivity index (χ1) is 18.3. The predicted molar refractivity (Wildman–Crippen MR) is 140 cm³/mol. The molecule has 2 atom stereocenters. The van der Waals surface area contributed by atoms with Crippen molar-refractivity contribution in [2.75, 3.05) is 36.9 Å². The van der Waals surface area contributed by atoms with Gasteiger partial charge in [0.2, 0.25) is 5.16 Å². The molecule has 1 saturated heterocycles. The van der Waals surface area contributed by atoms with Gasteiger partial charge in [-0.25, -0.2) is 14.5 Å². The van der Waals surface area contributed by atoms with E-state index < -0.39 is 29.2 Å². The van der Waals surface area contributed by atoms with Crippen molar-refractivity contribution in [3.63, 3.8) is 0 Å². The number of carboxylic acids is 1. The molecular formula is C19H25N11O5S3. The van der Waals surface area contributed by atoms with Crippen molar-refractivity contribution in [2.24, 2.45) is 16.6 Å². The van der Waals surface area contributed by atoms with E-state index >= 15 is 0 Å². The van der Waals surface area contributed by atoms with E-state index in [9.17, 15) is 19.5 Å². The topological polar surface area (TPSA) is 243 Å². The van der Waals surface area contributed by atoms with Gasteiger partial charge in [-0.3, -0.25) is 14.5 Å². The van der Waals surface area contributed by atoms with Gasteiger partial charge in [-0.1, -0.05) is 16.9 Å². The van der Waals surface area contributed by atoms with E-state index in [-0.39, 0.29) is 34.6 Å². The molecule has 4 heterocycles. The summed E-state index contributed by atoms with van der Waals surface area (Å²) in [4.78, 5) is 48.7. The van der Waals surface area contributed by atoms with Crippen LogP contribution in [0.5, 0.6) is 0 Å². The monoisotopic (exact) mass is 583 g/mol. The minimum atomic E-state index is -1.24. The molecule has 2 aliphatic heterocycles. The number of hydrogen-bond donors (Lipinski definition) is 5. The number of aromatic nitrogens is 5. The highest BCUT2D eigenvalue weighted by Gasteiger charge is 2.54. The van der Waals surface area contributed by atoms with Crippen LogP contribution in [-0.2, 0) is 25.8 Å². The van der Waals surface area contributed by atoms with Crippen molar-refractivity contribution in [3.05, 3.63) is 22.3 Å². The summed E-state index contributed by atoms with van der Waals surface area (Å²) in [5.41, 5.74) is 17.2. The number of tetrazole rings is 1. The Hall–Kier alpha value is -3.26. The quantitative estimate of drug-likeness (QED) is 0.0578. The smallest absolute Gasteiger partial charge is 0.352 e. The summed E-state index contributed by atoms with van der Waals surface area (Å²) in [7, 11) is 0. The van der Waals surface area contributed by atoms with E-state index in [2.05, 4.69) is 31.0 Å². The third kappa shape index (κ3) is 5.90. The average Bonchev–Trinajstić information content (AvgIpc) is 3.53. The van der Waals surface area contributed by atoms with Crippen LogP contribution in [0, 0.1) is 0 Å². The van der Waals surface area contributed by atoms with Gasteiger partial charge in [-0.05, 0) is 29.0 Å². The Morgan fingerprint density at radius 3 is 2.84 bits per heavy atom. The number of nitrogens with two attached hydrogens (primary N) is 3. The van der Waals surface area contributed by atoms with Gasteiger partial charge < -0.3 is 32.5 Å². The van der Waals surface area contributed by atoms with Crippen molar-refractivity contribution in [1.29, 1.82) is 0 Å². The number of carbonyl (C=O) groups excluding carboxylic acids is 2. The van der Waals surface area contributed by atoms with Crippen LogP contribution < -0.4 is 22.5 Å². The molecule has 1 fully saturated rings. The number of carboxylic acid groups (broad SMARTS) is 1. The van der Waals surface area contributed by atoms with Crippen molar-refractivity contribution in [2.45, 2.75) is 29.5 Å². The fourth-order valence-electron chi connectivity index (χ4n) is 3.58. The van der Waals surface area contributed by atoms with Crippen LogP contribution in [0.2, 0.25) is 0 Å². The zero-order valence-corrected chi connectivity index (χ0v) is 22.3. The number of aliphatic carboxylic acids is 1. The Balaban J connectivity index is 1.47. The van der Waals surface area contributed by atoms with Gasteiger partial charge in [0, 0.05) is 23.4 Å². The predicted octanol–water partition coefficient (Wildman–Crippen LogP) is -1.73. The SMILES string of the molecule is NCCCON=C(C(=O)NC1C(=O)N2C(C(=O)O)=C(CSc3nnnn3CCN)CS[C@H]12)c1csc(N)n1. The molecule has 2 aromatic heterocycles. The zero-order chi connectivity index (χ0) is 27.2. The first-order valence-corrected chi connectivity index (χ1v) is 14.2. The Morgan fingerprint density at radius 1 is 1.34 bits per heavy atom. The third-order valence-electron chi connectivity index (χ3n) is 5.33. The van der Waals surface area contributed by atoms with Crippen molar-refractivity contribution in [1.82, 2.24) is 35.4 Å². The van der Waals surface area contributed by atoms with E-state index in [4.69, 9.17) is 22.0 Å². The summed E-state index contributed by atoms with van der Waals surface area (Å²) in [6.07, 6.45) is 0.527. The molecule has 204 valence electrons. The Labute approximate surface area is 228 Å². The lowest BCUT2D eigenvalue weighted by molar-refractivity contribution is -0.150. The number of amides is 2. The highest BCUT2D eigenvalue weighted by molar-refractivity contribution is 8.01. The number of fused-ring (bicyclic) bond motifs is 1. The molecule has 16 nitrogen and oxygen atoms in total. The van der Waals surface area contributed by atoms with Crippen LogP contribution in [0.15, 0.2) is 27.0 Å². The molecule has 0 saturated carbocycles. The van der Waals surface area contributed by atoms with Crippen LogP contribution in [0.1, 0.15) is 12.1 Å². The van der Waals surface area contributed by atoms with E-state index in [1.807, 2.05) is 0 Å². The lowest BCUT2D eigenvalue weighted by Gasteiger charge is -2.49. The van der Waals surface area contributed by atoms with Crippen molar-refractivity contribution in [3.8, 4) is 0 Å². The van der Waals surface area contributed by atoms with E-state index in [1.165, 1.54) is 33.1 Å². The summed E-state index contributed by atoms with van der Waals surface area (Å²) in [5.74, 6) is -1.89. The molecule has 19 heteroatoms. The molecule has 4 rings (SSSR count). The van der Waals surface area contributed by atoms with Crippen LogP contribution in [0.25, 0.3) is 0 Å². The number of oxime groups is 1. The Kier molecular flexibility index (Phi) is 9.15. The lowest BCUT2D eigenvalue weighted by atomic mass is 10.0. The number of anilines is 1. The van der Waals surface area contributed by atoms with E-state index in [1.54, 1.807) is 5.38 Å². The molecular weight excluding hydrogens is 558 g/mol. The summed E-state index contributed by atoms with van der Waals surface area (Å²) < 4.78 is 1.53. The van der Waals surface area contributed by atoms with Gasteiger partial charge in [-0.2, -0.15) is 0 Å². The maximum Gasteiger partial charge on any atom is 0.352 e. The molecule has 38 heavy (non-hydrogen) atoms. The van der Waals surface area contributed by atoms with Crippen LogP contribution in [-0.4, -0.2) is 101 Å². The third-order valence-corrected chi connectivity index (χ3v) is 8.38. The molecule has 2 amide bonds. The number of nitrogens with one attached hydrogen (secondary N) is 1. The number of nitrogens with zero attached hydrogens (tertiary/aromatic N) is 7. The van der Waals surface area contributed by atoms with Crippen LogP contribution >= 0.6 is 34.9 Å². The van der Waals surface area contributed by atoms with Gasteiger partial charge in [0.05, 0.1) is 6.54 Å². The second kappa shape index (κ2) is 12.5. The number of β-lactam (4-membered cyclic amide) rings is 1. The van der Waals surface area contributed by atoms with Crippen LogP contribution in [0.4, 0.5) is 5.13 Å². The maximum atomic E-state index is 13.1. The fourth-order valence-corrected chi connectivity index (χ4v) is 6.51. The van der Waals surface area contributed by atoms with E-state index in [0.717, 1.165) is 11.3 Å². The molecule has 1 unspecified atom stereocenters. The number of rotatable bonds is 13. The summed E-state index contributed by atoms with van der Waals surface area (Å²) in [5, 5.41) is 29.5. The molecule has 0 radical (unpaired) electrons. The maximum absolute atomic E-state index is 13.1. The molecule has 0 aromatic carbocycles. The van der Waals surface area contributed by atoms with Gasteiger partial charge >= 0.3 is 5.97 Å². The summed E-state index contributed by atoms with van der Waals surface area (Å²) >= 11 is 3.71. The molecule has 2 aliphatic rings. The molecule has 8 N–H and O–H groups in total. The molecule has 0 bridgehead atoms. The minimum absolute atomic E-state index is 0.110. The van der Waals surface area contributed by atoms with Gasteiger partial charge in [0.1, 0.15) is 29.4 Å². The Bertz CT molecular complexity index is 1260. The first-order valence-electron chi connectivity index (χ1n) is 11.3. The first kappa shape index (κ1) is 27.8. The molecule has 2 aromatic rings. The second-order valence-electron chi connectivity index (χ2n) is 7.87. The highest BCUT2D eigenvalue weighted by atomic mass is 32.2. The van der Waals surface area contributed by atoms with Gasteiger partial charge in [0.25, 0.3) is 11.8 Å². The fraction of sp³-hybridized carbons (Fsp3) is 0.474. The highest BCUT2D eigenvalue weighted by Crippen LogP contribution is 2.41.